The minimum Gasteiger partial charge on any atom is -0.384 e. The van der Waals surface area contributed by atoms with E-state index in [4.69, 9.17) is 5.73 Å². The number of aromatic amines is 1. The first-order valence-corrected chi connectivity index (χ1v) is 6.81. The van der Waals surface area contributed by atoms with Crippen LogP contribution >= 0.6 is 0 Å². The third kappa shape index (κ3) is 3.16. The number of hydrogen-bond acceptors (Lipinski definition) is 6. The van der Waals surface area contributed by atoms with E-state index in [9.17, 15) is 4.79 Å². The molecule has 1 saturated heterocycles. The number of nitrogens with zero attached hydrogens (tertiary/aromatic N) is 5. The topological polar surface area (TPSA) is 104 Å². The maximum atomic E-state index is 12.3. The van der Waals surface area contributed by atoms with E-state index < -0.39 is 0 Å². The van der Waals surface area contributed by atoms with Gasteiger partial charge in [-0.3, -0.25) is 14.8 Å². The van der Waals surface area contributed by atoms with Crippen LogP contribution in [0.5, 0.6) is 0 Å². The van der Waals surface area contributed by atoms with Gasteiger partial charge >= 0.3 is 0 Å². The molecule has 0 radical (unpaired) electrons. The lowest BCUT2D eigenvalue weighted by molar-refractivity contribution is 0.0620. The van der Waals surface area contributed by atoms with Crippen LogP contribution in [-0.2, 0) is 6.54 Å². The summed E-state index contributed by atoms with van der Waals surface area (Å²) in [6.45, 7) is 3.66. The minimum absolute atomic E-state index is 0.0679. The van der Waals surface area contributed by atoms with Gasteiger partial charge < -0.3 is 10.6 Å². The molecule has 8 heteroatoms. The summed E-state index contributed by atoms with van der Waals surface area (Å²) < 4.78 is 0. The molecule has 110 valence electrons. The van der Waals surface area contributed by atoms with E-state index in [0.29, 0.717) is 24.6 Å². The van der Waals surface area contributed by atoms with Gasteiger partial charge in [0, 0.05) is 26.2 Å². The van der Waals surface area contributed by atoms with E-state index in [0.717, 1.165) is 25.5 Å². The Labute approximate surface area is 122 Å². The Morgan fingerprint density at radius 2 is 2.10 bits per heavy atom. The molecule has 0 unspecified atom stereocenters. The molecule has 0 aromatic carbocycles. The Morgan fingerprint density at radius 1 is 1.29 bits per heavy atom. The van der Waals surface area contributed by atoms with Crippen molar-refractivity contribution in [3.8, 4) is 0 Å². The van der Waals surface area contributed by atoms with E-state index in [-0.39, 0.29) is 5.91 Å². The van der Waals surface area contributed by atoms with Crippen LogP contribution in [0.4, 0.5) is 5.82 Å². The average Bonchev–Trinajstić information content (AvgIpc) is 3.00. The van der Waals surface area contributed by atoms with Gasteiger partial charge in [0.15, 0.2) is 0 Å². The fourth-order valence-corrected chi connectivity index (χ4v) is 2.36. The lowest BCUT2D eigenvalue weighted by Crippen LogP contribution is -2.48. The van der Waals surface area contributed by atoms with Gasteiger partial charge in [0.25, 0.3) is 5.91 Å². The first-order valence-electron chi connectivity index (χ1n) is 6.81. The number of carbonyl (C=O) groups is 1. The fourth-order valence-electron chi connectivity index (χ4n) is 2.36. The number of amides is 1. The molecule has 8 nitrogen and oxygen atoms in total. The second-order valence-electron chi connectivity index (χ2n) is 4.95. The number of hydrogen-bond donors (Lipinski definition) is 2. The lowest BCUT2D eigenvalue weighted by Gasteiger charge is -2.34. The van der Waals surface area contributed by atoms with Crippen molar-refractivity contribution in [3.63, 3.8) is 0 Å². The molecule has 3 N–H and O–H groups in total. The number of nitrogens with one attached hydrogen (secondary N) is 1. The summed E-state index contributed by atoms with van der Waals surface area (Å²) in [5.74, 6) is 1.14. The van der Waals surface area contributed by atoms with Crippen LogP contribution in [0.1, 0.15) is 16.3 Å². The predicted molar refractivity (Wildman–Crippen MR) is 76.2 cm³/mol. The molecule has 0 atom stereocenters. The smallest absolute Gasteiger partial charge is 0.272 e. The molecule has 1 amide bonds. The van der Waals surface area contributed by atoms with Crippen LogP contribution in [-0.4, -0.2) is 62.1 Å². The van der Waals surface area contributed by atoms with Crippen molar-refractivity contribution >= 4 is 11.7 Å². The molecule has 1 aliphatic heterocycles. The Bertz CT molecular complexity index is 605. The van der Waals surface area contributed by atoms with Crippen molar-refractivity contribution in [3.05, 3.63) is 36.0 Å². The van der Waals surface area contributed by atoms with Crippen molar-refractivity contribution in [2.45, 2.75) is 6.54 Å². The van der Waals surface area contributed by atoms with Crippen LogP contribution in [0.25, 0.3) is 0 Å². The number of aromatic nitrogens is 4. The maximum absolute atomic E-state index is 12.3. The summed E-state index contributed by atoms with van der Waals surface area (Å²) in [5, 5.41) is 6.67. The SMILES string of the molecule is Nc1cccc(C(=O)N2CCN(Cc3ncn[nH]3)CC2)n1. The minimum atomic E-state index is -0.0679. The first kappa shape index (κ1) is 13.5. The van der Waals surface area contributed by atoms with Gasteiger partial charge in [0.2, 0.25) is 0 Å². The zero-order valence-corrected chi connectivity index (χ0v) is 11.6. The van der Waals surface area contributed by atoms with Crippen LogP contribution in [0.2, 0.25) is 0 Å². The molecule has 2 aromatic heterocycles. The Morgan fingerprint density at radius 3 is 2.76 bits per heavy atom. The molecule has 0 saturated carbocycles. The number of nitrogen functional groups attached to an aromatic ring is 1. The fraction of sp³-hybridized carbons (Fsp3) is 0.385. The molecular weight excluding hydrogens is 270 g/mol. The normalized spacial score (nSPS) is 16.1. The number of piperazine rings is 1. The second kappa shape index (κ2) is 5.88. The molecule has 3 rings (SSSR count). The summed E-state index contributed by atoms with van der Waals surface area (Å²) >= 11 is 0. The van der Waals surface area contributed by atoms with E-state index >= 15 is 0 Å². The van der Waals surface area contributed by atoms with Crippen LogP contribution < -0.4 is 5.73 Å². The van der Waals surface area contributed by atoms with Crippen molar-refractivity contribution in [2.24, 2.45) is 0 Å². The van der Waals surface area contributed by atoms with Gasteiger partial charge in [-0.2, -0.15) is 5.10 Å². The number of H-pyrrole nitrogens is 1. The summed E-state index contributed by atoms with van der Waals surface area (Å²) in [7, 11) is 0. The Kier molecular flexibility index (Phi) is 3.78. The third-order valence-corrected chi connectivity index (χ3v) is 3.49. The van der Waals surface area contributed by atoms with Crippen LogP contribution in [0, 0.1) is 0 Å². The van der Waals surface area contributed by atoms with E-state index in [1.54, 1.807) is 23.1 Å². The Hall–Kier alpha value is -2.48. The summed E-state index contributed by atoms with van der Waals surface area (Å²) in [6.07, 6.45) is 1.50. The van der Waals surface area contributed by atoms with Gasteiger partial charge in [-0.15, -0.1) is 0 Å². The molecule has 1 fully saturated rings. The highest BCUT2D eigenvalue weighted by Crippen LogP contribution is 2.10. The molecule has 0 spiro atoms. The molecular formula is C13H17N7O. The zero-order valence-electron chi connectivity index (χ0n) is 11.6. The molecule has 0 bridgehead atoms. The van der Waals surface area contributed by atoms with E-state index in [2.05, 4.69) is 25.1 Å². The maximum Gasteiger partial charge on any atom is 0.272 e. The number of pyridine rings is 1. The predicted octanol–water partition coefficient (Wildman–Crippen LogP) is -0.260. The van der Waals surface area contributed by atoms with Gasteiger partial charge in [-0.1, -0.05) is 6.07 Å². The average molecular weight is 287 g/mol. The van der Waals surface area contributed by atoms with Gasteiger partial charge in [-0.25, -0.2) is 9.97 Å². The Balaban J connectivity index is 1.57. The largest absolute Gasteiger partial charge is 0.384 e. The number of nitrogens with two attached hydrogens (primary N) is 1. The molecule has 21 heavy (non-hydrogen) atoms. The van der Waals surface area contributed by atoms with E-state index in [1.165, 1.54) is 6.33 Å². The van der Waals surface area contributed by atoms with Crippen molar-refractivity contribution in [1.29, 1.82) is 0 Å². The molecule has 0 aliphatic carbocycles. The standard InChI is InChI=1S/C13H17N7O/c14-11-3-1-2-10(17-11)13(21)20-6-4-19(5-7-20)8-12-15-9-16-18-12/h1-3,9H,4-8H2,(H2,14,17)(H,15,16,18). The summed E-state index contributed by atoms with van der Waals surface area (Å²) in [5.41, 5.74) is 6.02. The van der Waals surface area contributed by atoms with Crippen molar-refractivity contribution in [1.82, 2.24) is 30.0 Å². The first-order chi connectivity index (χ1) is 10.2. The number of carbonyl (C=O) groups excluding carboxylic acids is 1. The molecule has 2 aromatic rings. The zero-order chi connectivity index (χ0) is 14.7. The number of rotatable bonds is 3. The van der Waals surface area contributed by atoms with Gasteiger partial charge in [0.05, 0.1) is 6.54 Å². The van der Waals surface area contributed by atoms with Gasteiger partial charge in [-0.05, 0) is 12.1 Å². The highest BCUT2D eigenvalue weighted by Gasteiger charge is 2.23. The monoisotopic (exact) mass is 287 g/mol. The van der Waals surface area contributed by atoms with E-state index in [1.807, 2.05) is 0 Å². The van der Waals surface area contributed by atoms with Gasteiger partial charge in [0.1, 0.15) is 23.7 Å². The van der Waals surface area contributed by atoms with Crippen LogP contribution in [0.15, 0.2) is 24.5 Å². The molecule has 3 heterocycles. The summed E-state index contributed by atoms with van der Waals surface area (Å²) in [6, 6.07) is 5.11. The number of anilines is 1. The lowest BCUT2D eigenvalue weighted by atomic mass is 10.2. The highest BCUT2D eigenvalue weighted by molar-refractivity contribution is 5.92. The highest BCUT2D eigenvalue weighted by atomic mass is 16.2. The van der Waals surface area contributed by atoms with Crippen LogP contribution in [0.3, 0.4) is 0 Å². The third-order valence-electron chi connectivity index (χ3n) is 3.49. The van der Waals surface area contributed by atoms with Crippen molar-refractivity contribution < 1.29 is 4.79 Å². The second-order valence-corrected chi connectivity index (χ2v) is 4.95. The quantitative estimate of drug-likeness (QED) is 0.806. The molecule has 1 aliphatic rings. The van der Waals surface area contributed by atoms with Crippen molar-refractivity contribution in [2.75, 3.05) is 31.9 Å². The summed E-state index contributed by atoms with van der Waals surface area (Å²) in [4.78, 5) is 24.6.